The van der Waals surface area contributed by atoms with E-state index in [4.69, 9.17) is 0 Å². The van der Waals surface area contributed by atoms with Gasteiger partial charge in [0.25, 0.3) is 0 Å². The maximum Gasteiger partial charge on any atom is 0.453 e. The zero-order valence-electron chi connectivity index (χ0n) is 24.3. The lowest BCUT2D eigenvalue weighted by Gasteiger charge is -2.20. The van der Waals surface area contributed by atoms with Crippen LogP contribution >= 0.6 is 0 Å². The SMILES string of the molecule is CCCCc1ccc2c(c(C)cn2CCCCCCS(=O)CCCC(F)(F)C(F)(F)F)c1/C(=C\C(C)CO)C(F)(F)F. The second-order valence-electron chi connectivity index (χ2n) is 10.9. The Balaban J connectivity index is 2.08. The van der Waals surface area contributed by atoms with Gasteiger partial charge in [-0.3, -0.25) is 4.21 Å². The quantitative estimate of drug-likeness (QED) is 0.140. The van der Waals surface area contributed by atoms with Crippen molar-refractivity contribution >= 4 is 27.3 Å². The lowest BCUT2D eigenvalue weighted by atomic mass is 9.89. The van der Waals surface area contributed by atoms with Crippen molar-refractivity contribution in [2.45, 2.75) is 103 Å². The predicted molar refractivity (Wildman–Crippen MR) is 152 cm³/mol. The molecule has 42 heavy (non-hydrogen) atoms. The maximum atomic E-state index is 14.4. The molecule has 0 spiro atoms. The molecule has 0 saturated heterocycles. The van der Waals surface area contributed by atoms with Crippen LogP contribution in [0, 0.1) is 12.8 Å². The van der Waals surface area contributed by atoms with Gasteiger partial charge in [0.15, 0.2) is 0 Å². The fraction of sp³-hybridized carbons (Fsp3) is 0.667. The van der Waals surface area contributed by atoms with E-state index in [0.717, 1.165) is 30.9 Å². The van der Waals surface area contributed by atoms with Crippen molar-refractivity contribution in [3.05, 3.63) is 41.1 Å². The van der Waals surface area contributed by atoms with E-state index in [9.17, 15) is 44.4 Å². The molecule has 2 unspecified atom stereocenters. The molecule has 0 bridgehead atoms. The highest BCUT2D eigenvalue weighted by Gasteiger charge is 2.56. The average Bonchev–Trinajstić information content (AvgIpc) is 3.21. The third kappa shape index (κ3) is 10.1. The van der Waals surface area contributed by atoms with Gasteiger partial charge in [-0.25, -0.2) is 0 Å². The standard InChI is InChI=1S/C30H41F8NO2S/c1-4-5-11-23-12-13-25-26(27(23)24(29(33,34)35)18-21(2)20-40)22(3)19-39(25)15-8-6-7-9-16-42(41)17-10-14-28(31,32)30(36,37)38/h12-13,18-19,21,40H,4-11,14-17,20H2,1-3H3/b24-18+. The number of unbranched alkanes of at least 4 members (excludes halogenated alkanes) is 4. The van der Waals surface area contributed by atoms with Gasteiger partial charge in [-0.05, 0) is 67.7 Å². The number of halogens is 8. The van der Waals surface area contributed by atoms with Crippen molar-refractivity contribution in [3.63, 3.8) is 0 Å². The molecule has 0 aliphatic carbocycles. The summed E-state index contributed by atoms with van der Waals surface area (Å²) in [4.78, 5) is 0. The minimum Gasteiger partial charge on any atom is -0.396 e. The number of aromatic nitrogens is 1. The highest BCUT2D eigenvalue weighted by molar-refractivity contribution is 7.84. The average molecular weight is 632 g/mol. The van der Waals surface area contributed by atoms with Gasteiger partial charge in [-0.1, -0.05) is 45.3 Å². The molecule has 1 heterocycles. The molecule has 1 aromatic carbocycles. The van der Waals surface area contributed by atoms with E-state index in [0.29, 0.717) is 48.7 Å². The Morgan fingerprint density at radius 1 is 0.976 bits per heavy atom. The van der Waals surface area contributed by atoms with E-state index in [1.807, 2.05) is 23.8 Å². The first-order valence-corrected chi connectivity index (χ1v) is 15.8. The van der Waals surface area contributed by atoms with E-state index >= 15 is 0 Å². The highest BCUT2D eigenvalue weighted by atomic mass is 32.2. The number of hydrogen-bond acceptors (Lipinski definition) is 2. The van der Waals surface area contributed by atoms with Gasteiger partial charge < -0.3 is 9.67 Å². The fourth-order valence-electron chi connectivity index (χ4n) is 4.96. The molecule has 2 rings (SSSR count). The van der Waals surface area contributed by atoms with Crippen LogP contribution in [-0.4, -0.2) is 50.3 Å². The molecule has 0 aliphatic rings. The van der Waals surface area contributed by atoms with E-state index in [1.165, 1.54) is 6.92 Å². The summed E-state index contributed by atoms with van der Waals surface area (Å²) in [6, 6.07) is 3.61. The van der Waals surface area contributed by atoms with Gasteiger partial charge in [0, 0.05) is 59.0 Å². The van der Waals surface area contributed by atoms with Gasteiger partial charge in [0.05, 0.1) is 5.57 Å². The molecular weight excluding hydrogens is 590 g/mol. The first-order chi connectivity index (χ1) is 19.5. The van der Waals surface area contributed by atoms with Crippen LogP contribution in [0.5, 0.6) is 0 Å². The molecule has 2 aromatic rings. The Morgan fingerprint density at radius 3 is 2.21 bits per heavy atom. The Kier molecular flexibility index (Phi) is 13.5. The summed E-state index contributed by atoms with van der Waals surface area (Å²) < 4.78 is 120. The maximum absolute atomic E-state index is 14.4. The number of allylic oxidation sites excluding steroid dienone is 1. The van der Waals surface area contributed by atoms with Crippen molar-refractivity contribution in [2.24, 2.45) is 5.92 Å². The molecule has 1 N–H and O–H groups in total. The number of aryl methyl sites for hydroxylation is 3. The molecule has 12 heteroatoms. The van der Waals surface area contributed by atoms with Crippen molar-refractivity contribution < 1.29 is 44.4 Å². The zero-order valence-corrected chi connectivity index (χ0v) is 25.1. The summed E-state index contributed by atoms with van der Waals surface area (Å²) in [6.45, 7) is 5.45. The summed E-state index contributed by atoms with van der Waals surface area (Å²) in [6.07, 6.45) is -4.42. The molecule has 1 aromatic heterocycles. The van der Waals surface area contributed by atoms with Crippen molar-refractivity contribution in [1.82, 2.24) is 4.57 Å². The molecule has 3 nitrogen and oxygen atoms in total. The monoisotopic (exact) mass is 631 g/mol. The lowest BCUT2D eigenvalue weighted by molar-refractivity contribution is -0.284. The van der Waals surface area contributed by atoms with Crippen LogP contribution in [-0.2, 0) is 23.8 Å². The Morgan fingerprint density at radius 2 is 1.62 bits per heavy atom. The van der Waals surface area contributed by atoms with Crippen LogP contribution in [0.2, 0.25) is 0 Å². The van der Waals surface area contributed by atoms with Gasteiger partial charge in [0.2, 0.25) is 0 Å². The van der Waals surface area contributed by atoms with E-state index in [-0.39, 0.29) is 17.1 Å². The number of alkyl halides is 8. The van der Waals surface area contributed by atoms with Gasteiger partial charge in [0.1, 0.15) is 0 Å². The lowest BCUT2D eigenvalue weighted by Crippen LogP contribution is -2.36. The first kappa shape index (κ1) is 36.2. The largest absolute Gasteiger partial charge is 0.453 e. The van der Waals surface area contributed by atoms with Crippen LogP contribution in [0.1, 0.15) is 81.9 Å². The van der Waals surface area contributed by atoms with Gasteiger partial charge in [-0.15, -0.1) is 0 Å². The molecule has 0 fully saturated rings. The molecule has 0 saturated carbocycles. The molecule has 0 radical (unpaired) electrons. The number of fused-ring (bicyclic) bond motifs is 1. The van der Waals surface area contributed by atoms with Crippen molar-refractivity contribution in [1.29, 1.82) is 0 Å². The second-order valence-corrected chi connectivity index (χ2v) is 12.6. The van der Waals surface area contributed by atoms with Crippen LogP contribution in [0.15, 0.2) is 24.4 Å². The van der Waals surface area contributed by atoms with Crippen molar-refractivity contribution in [3.8, 4) is 0 Å². The van der Waals surface area contributed by atoms with E-state index in [1.54, 1.807) is 13.0 Å². The molecule has 240 valence electrons. The molecule has 2 atom stereocenters. The van der Waals surface area contributed by atoms with Crippen molar-refractivity contribution in [2.75, 3.05) is 18.1 Å². The number of rotatable bonds is 17. The molecule has 0 aliphatic heterocycles. The third-order valence-electron chi connectivity index (χ3n) is 7.23. The van der Waals surface area contributed by atoms with E-state index < -0.39 is 60.0 Å². The number of benzene rings is 1. The summed E-state index contributed by atoms with van der Waals surface area (Å²) >= 11 is 0. The number of nitrogens with zero attached hydrogens (tertiary/aromatic N) is 1. The summed E-state index contributed by atoms with van der Waals surface area (Å²) in [5.41, 5.74) is 1.45. The topological polar surface area (TPSA) is 42.2 Å². The van der Waals surface area contributed by atoms with Gasteiger partial charge in [-0.2, -0.15) is 35.1 Å². The minimum absolute atomic E-state index is 0.167. The third-order valence-corrected chi connectivity index (χ3v) is 8.72. The van der Waals surface area contributed by atoms with Crippen LogP contribution < -0.4 is 0 Å². The number of hydrogen-bond donors (Lipinski definition) is 1. The summed E-state index contributed by atoms with van der Waals surface area (Å²) in [7, 11) is -1.48. The fourth-order valence-corrected chi connectivity index (χ4v) is 6.16. The molecule has 0 amide bonds. The summed E-state index contributed by atoms with van der Waals surface area (Å²) in [5, 5.41) is 10.0. The predicted octanol–water partition coefficient (Wildman–Crippen LogP) is 9.15. The highest BCUT2D eigenvalue weighted by Crippen LogP contribution is 2.42. The van der Waals surface area contributed by atoms with Crippen LogP contribution in [0.4, 0.5) is 35.1 Å². The smallest absolute Gasteiger partial charge is 0.396 e. The Bertz CT molecular complexity index is 1200. The Labute approximate surface area is 244 Å². The molecular formula is C30H41F8NO2S. The Hall–Kier alpha value is -1.95. The normalized spacial score (nSPS) is 15.0. The minimum atomic E-state index is -5.60. The number of aliphatic hydroxyl groups is 1. The number of aliphatic hydroxyl groups excluding tert-OH is 1. The zero-order chi connectivity index (χ0) is 31.7. The van der Waals surface area contributed by atoms with Crippen LogP contribution in [0.3, 0.4) is 0 Å². The summed E-state index contributed by atoms with van der Waals surface area (Å²) in [5.74, 6) is -5.45. The van der Waals surface area contributed by atoms with Gasteiger partial charge >= 0.3 is 18.3 Å². The van der Waals surface area contributed by atoms with Crippen LogP contribution in [0.25, 0.3) is 16.5 Å². The van der Waals surface area contributed by atoms with E-state index in [2.05, 4.69) is 0 Å². The second kappa shape index (κ2) is 15.7. The first-order valence-electron chi connectivity index (χ1n) is 14.3.